The molecule has 0 amide bonds. The van der Waals surface area contributed by atoms with Crippen LogP contribution in [0.3, 0.4) is 0 Å². The summed E-state index contributed by atoms with van der Waals surface area (Å²) in [6.45, 7) is 0. The Bertz CT molecular complexity index is 3470. The maximum absolute atomic E-state index is 3.04. The van der Waals surface area contributed by atoms with E-state index in [1.165, 1.54) is 95.9 Å². The van der Waals surface area contributed by atoms with Gasteiger partial charge >= 0.3 is 0 Å². The number of hydrogen-bond donors (Lipinski definition) is 0. The maximum Gasteiger partial charge on any atom is 0.180 e. The summed E-state index contributed by atoms with van der Waals surface area (Å²) < 4.78 is 7.60. The number of para-hydroxylation sites is 3. The second kappa shape index (κ2) is 13.0. The van der Waals surface area contributed by atoms with E-state index in [4.69, 9.17) is 0 Å². The predicted molar refractivity (Wildman–Crippen MR) is 252 cm³/mol. The zero-order valence-electron chi connectivity index (χ0n) is 31.6. The average molecular weight is 773 g/mol. The molecule has 0 aliphatic carbocycles. The molecular formula is C54H36N2SSi. The Hall–Kier alpha value is -6.98. The van der Waals surface area contributed by atoms with Crippen molar-refractivity contribution in [2.45, 2.75) is 0 Å². The first-order valence-electron chi connectivity index (χ1n) is 19.9. The minimum atomic E-state index is -3.04. The van der Waals surface area contributed by atoms with Crippen LogP contribution in [0.25, 0.3) is 75.2 Å². The Morgan fingerprint density at radius 2 is 0.845 bits per heavy atom. The minimum Gasteiger partial charge on any atom is -0.309 e. The van der Waals surface area contributed by atoms with Gasteiger partial charge in [-0.2, -0.15) is 0 Å². The standard InChI is InChI=1S/C54H36N2SSi/c1-4-18-37(19-5-1)55-48-30-14-11-28-44(48)54-49(55)31-17-33-53(54)58(39-21-6-2-7-22-39,40-23-8-3-9-24-40)41-25-16-20-38(34-41)56-47-29-13-10-26-42(47)45-35-46-43-27-12-15-32-51(43)57-52(46)36-50(45)56/h1-36H. The predicted octanol–water partition coefficient (Wildman–Crippen LogP) is 11.6. The van der Waals surface area contributed by atoms with Gasteiger partial charge in [-0.05, 0) is 81.4 Å². The van der Waals surface area contributed by atoms with Gasteiger partial charge in [-0.1, -0.05) is 158 Å². The van der Waals surface area contributed by atoms with Crippen molar-refractivity contribution in [1.82, 2.24) is 9.13 Å². The van der Waals surface area contributed by atoms with Gasteiger partial charge in [-0.25, -0.2) is 0 Å². The van der Waals surface area contributed by atoms with E-state index >= 15 is 0 Å². The molecule has 0 bridgehead atoms. The molecule has 0 spiro atoms. The zero-order chi connectivity index (χ0) is 38.2. The van der Waals surface area contributed by atoms with Gasteiger partial charge in [-0.3, -0.25) is 0 Å². The summed E-state index contributed by atoms with van der Waals surface area (Å²) in [6, 6.07) is 81.6. The first-order chi connectivity index (χ1) is 28.8. The molecule has 0 saturated heterocycles. The van der Waals surface area contributed by atoms with Crippen molar-refractivity contribution in [1.29, 1.82) is 0 Å². The lowest BCUT2D eigenvalue weighted by molar-refractivity contribution is 1.18. The second-order valence-corrected chi connectivity index (χ2v) is 20.1. The highest BCUT2D eigenvalue weighted by molar-refractivity contribution is 7.26. The van der Waals surface area contributed by atoms with Crippen molar-refractivity contribution in [3.8, 4) is 11.4 Å². The molecule has 0 fully saturated rings. The highest BCUT2D eigenvalue weighted by Gasteiger charge is 2.43. The normalized spacial score (nSPS) is 12.1. The fraction of sp³-hybridized carbons (Fsp3) is 0. The fourth-order valence-electron chi connectivity index (χ4n) is 9.87. The third-order valence-corrected chi connectivity index (χ3v) is 18.2. The molecule has 0 aliphatic rings. The lowest BCUT2D eigenvalue weighted by atomic mass is 10.1. The third kappa shape index (κ3) is 4.76. The third-order valence-electron chi connectivity index (χ3n) is 12.2. The summed E-state index contributed by atoms with van der Waals surface area (Å²) in [5.74, 6) is 0. The molecule has 0 N–H and O–H groups in total. The van der Waals surface area contributed by atoms with E-state index in [1.807, 2.05) is 11.3 Å². The molecule has 0 radical (unpaired) electrons. The van der Waals surface area contributed by atoms with Crippen LogP contribution in [-0.4, -0.2) is 17.2 Å². The Morgan fingerprint density at radius 3 is 1.59 bits per heavy atom. The summed E-state index contributed by atoms with van der Waals surface area (Å²) in [5, 5.41) is 13.2. The molecule has 4 heteroatoms. The van der Waals surface area contributed by atoms with Crippen molar-refractivity contribution in [3.05, 3.63) is 218 Å². The molecule has 12 aromatic rings. The smallest absolute Gasteiger partial charge is 0.180 e. The number of hydrogen-bond acceptors (Lipinski definition) is 1. The average Bonchev–Trinajstić information content (AvgIpc) is 3.94. The molecule has 272 valence electrons. The molecule has 3 aromatic heterocycles. The van der Waals surface area contributed by atoms with E-state index in [-0.39, 0.29) is 0 Å². The number of fused-ring (bicyclic) bond motifs is 9. The van der Waals surface area contributed by atoms with E-state index in [1.54, 1.807) is 0 Å². The summed E-state index contributed by atoms with van der Waals surface area (Å²) in [7, 11) is -3.04. The fourth-order valence-corrected chi connectivity index (χ4v) is 16.0. The van der Waals surface area contributed by atoms with Crippen LogP contribution in [0.1, 0.15) is 0 Å². The number of aromatic nitrogens is 2. The number of nitrogens with zero attached hydrogens (tertiary/aromatic N) is 2. The topological polar surface area (TPSA) is 9.86 Å². The molecular weight excluding hydrogens is 737 g/mol. The number of benzene rings is 9. The summed E-state index contributed by atoms with van der Waals surface area (Å²) in [5.41, 5.74) is 7.23. The first-order valence-corrected chi connectivity index (χ1v) is 22.8. The molecule has 12 rings (SSSR count). The van der Waals surface area contributed by atoms with Crippen LogP contribution in [-0.2, 0) is 0 Å². The second-order valence-electron chi connectivity index (χ2n) is 15.2. The van der Waals surface area contributed by atoms with Gasteiger partial charge in [-0.15, -0.1) is 11.3 Å². The van der Waals surface area contributed by atoms with Gasteiger partial charge in [0, 0.05) is 53.1 Å². The van der Waals surface area contributed by atoms with Crippen LogP contribution in [0.15, 0.2) is 218 Å². The first kappa shape index (κ1) is 33.2. The molecule has 0 unspecified atom stereocenters. The monoisotopic (exact) mass is 772 g/mol. The van der Waals surface area contributed by atoms with Crippen LogP contribution < -0.4 is 20.7 Å². The van der Waals surface area contributed by atoms with Gasteiger partial charge in [0.2, 0.25) is 0 Å². The van der Waals surface area contributed by atoms with Crippen molar-refractivity contribution >= 4 is 104 Å². The Labute approximate surface area is 341 Å². The van der Waals surface area contributed by atoms with Crippen LogP contribution in [0.2, 0.25) is 0 Å². The SMILES string of the molecule is c1ccc(-n2c3ccccc3c3c([Si](c4ccccc4)(c4ccccc4)c4cccc(-n5c6ccccc6c6cc7c(cc65)sc5ccccc57)c4)cccc32)cc1. The molecule has 2 nitrogen and oxygen atoms in total. The van der Waals surface area contributed by atoms with Crippen molar-refractivity contribution in [3.63, 3.8) is 0 Å². The maximum atomic E-state index is 2.52. The van der Waals surface area contributed by atoms with Crippen LogP contribution in [0.5, 0.6) is 0 Å². The molecule has 58 heavy (non-hydrogen) atoms. The Morgan fingerprint density at radius 1 is 0.310 bits per heavy atom. The van der Waals surface area contributed by atoms with Crippen LogP contribution >= 0.6 is 11.3 Å². The highest BCUT2D eigenvalue weighted by atomic mass is 32.1. The summed E-state index contributed by atoms with van der Waals surface area (Å²) in [6.07, 6.45) is 0. The molecule has 9 aromatic carbocycles. The summed E-state index contributed by atoms with van der Waals surface area (Å²) >= 11 is 1.88. The van der Waals surface area contributed by atoms with E-state index in [9.17, 15) is 0 Å². The van der Waals surface area contributed by atoms with Gasteiger partial charge in [0.25, 0.3) is 0 Å². The Balaban J connectivity index is 1.20. The number of thiophene rings is 1. The van der Waals surface area contributed by atoms with Gasteiger partial charge < -0.3 is 9.13 Å². The van der Waals surface area contributed by atoms with Crippen LogP contribution in [0.4, 0.5) is 0 Å². The van der Waals surface area contributed by atoms with E-state index in [2.05, 4.69) is 228 Å². The molecule has 0 aliphatic heterocycles. The van der Waals surface area contributed by atoms with Crippen molar-refractivity contribution in [2.24, 2.45) is 0 Å². The molecule has 3 heterocycles. The summed E-state index contributed by atoms with van der Waals surface area (Å²) in [4.78, 5) is 0. The molecule has 0 saturated carbocycles. The van der Waals surface area contributed by atoms with Crippen LogP contribution in [0, 0.1) is 0 Å². The zero-order valence-corrected chi connectivity index (χ0v) is 33.4. The quantitative estimate of drug-likeness (QED) is 0.118. The van der Waals surface area contributed by atoms with Crippen molar-refractivity contribution in [2.75, 3.05) is 0 Å². The number of rotatable bonds is 6. The van der Waals surface area contributed by atoms with E-state index in [0.717, 1.165) is 0 Å². The lowest BCUT2D eigenvalue weighted by Gasteiger charge is -2.35. The van der Waals surface area contributed by atoms with Gasteiger partial charge in [0.1, 0.15) is 0 Å². The Kier molecular flexibility index (Phi) is 7.46. The van der Waals surface area contributed by atoms with Gasteiger partial charge in [0.05, 0.1) is 22.1 Å². The van der Waals surface area contributed by atoms with Crippen molar-refractivity contribution < 1.29 is 0 Å². The van der Waals surface area contributed by atoms with Gasteiger partial charge in [0.15, 0.2) is 8.07 Å². The lowest BCUT2D eigenvalue weighted by Crippen LogP contribution is -2.74. The highest BCUT2D eigenvalue weighted by Crippen LogP contribution is 2.41. The minimum absolute atomic E-state index is 1.17. The van der Waals surface area contributed by atoms with E-state index < -0.39 is 8.07 Å². The molecule has 0 atom stereocenters. The van der Waals surface area contributed by atoms with E-state index in [0.29, 0.717) is 0 Å². The largest absolute Gasteiger partial charge is 0.309 e.